The average molecular weight is 362 g/mol. The number of ether oxygens (including phenoxy) is 1. The molecule has 0 bridgehead atoms. The van der Waals surface area contributed by atoms with Crippen molar-refractivity contribution in [2.75, 3.05) is 83.6 Å². The van der Waals surface area contributed by atoms with E-state index in [-0.39, 0.29) is 11.5 Å². The van der Waals surface area contributed by atoms with Crippen LogP contribution in [0.15, 0.2) is 4.99 Å². The molecule has 8 nitrogen and oxygen atoms in total. The molecule has 9 heteroatoms. The highest BCUT2D eigenvalue weighted by molar-refractivity contribution is 7.91. The SMILES string of the molecule is CCNC(=NCCN1CCS(=O)(=O)CC1)NCCN1CCOCC1. The second kappa shape index (κ2) is 10.2. The molecule has 2 rings (SSSR count). The van der Waals surface area contributed by atoms with E-state index in [2.05, 4.69) is 32.3 Å². The van der Waals surface area contributed by atoms with Crippen LogP contribution in [0, 0.1) is 0 Å². The van der Waals surface area contributed by atoms with Crippen molar-refractivity contribution in [1.82, 2.24) is 20.4 Å². The van der Waals surface area contributed by atoms with Gasteiger partial charge in [-0.25, -0.2) is 8.42 Å². The van der Waals surface area contributed by atoms with Gasteiger partial charge in [0.15, 0.2) is 15.8 Å². The molecule has 0 aliphatic carbocycles. The molecular weight excluding hydrogens is 330 g/mol. The summed E-state index contributed by atoms with van der Waals surface area (Å²) in [6.07, 6.45) is 0. The maximum atomic E-state index is 11.4. The molecule has 140 valence electrons. The monoisotopic (exact) mass is 361 g/mol. The Labute approximate surface area is 145 Å². The zero-order chi connectivity index (χ0) is 17.3. The molecule has 2 heterocycles. The topological polar surface area (TPSA) is 86.3 Å². The molecule has 0 atom stereocenters. The standard InChI is InChI=1S/C15H31N5O3S/c1-2-16-15(17-3-5-19-7-11-23-12-8-19)18-4-6-20-9-13-24(21,22)14-10-20/h2-14H2,1H3,(H2,16,17,18). The van der Waals surface area contributed by atoms with Gasteiger partial charge in [0, 0.05) is 52.4 Å². The zero-order valence-electron chi connectivity index (χ0n) is 14.7. The second-order valence-electron chi connectivity index (χ2n) is 6.13. The molecule has 2 fully saturated rings. The summed E-state index contributed by atoms with van der Waals surface area (Å²) in [4.78, 5) is 9.14. The predicted octanol–water partition coefficient (Wildman–Crippen LogP) is -1.40. The summed E-state index contributed by atoms with van der Waals surface area (Å²) in [5.74, 6) is 1.37. The first kappa shape index (κ1) is 19.4. The second-order valence-corrected chi connectivity index (χ2v) is 8.44. The summed E-state index contributed by atoms with van der Waals surface area (Å²) in [6, 6.07) is 0. The van der Waals surface area contributed by atoms with Crippen molar-refractivity contribution < 1.29 is 13.2 Å². The van der Waals surface area contributed by atoms with Crippen LogP contribution < -0.4 is 10.6 Å². The summed E-state index contributed by atoms with van der Waals surface area (Å²) in [5.41, 5.74) is 0. The van der Waals surface area contributed by atoms with Gasteiger partial charge in [0.1, 0.15) is 0 Å². The Kier molecular flexibility index (Phi) is 8.23. The minimum atomic E-state index is -2.80. The van der Waals surface area contributed by atoms with E-state index in [4.69, 9.17) is 4.74 Å². The summed E-state index contributed by atoms with van der Waals surface area (Å²) in [5, 5.41) is 6.61. The van der Waals surface area contributed by atoms with Gasteiger partial charge in [0.05, 0.1) is 31.3 Å². The molecular formula is C15H31N5O3S. The number of hydrogen-bond donors (Lipinski definition) is 2. The molecule has 2 aliphatic heterocycles. The minimum absolute atomic E-state index is 0.272. The Morgan fingerprint density at radius 3 is 2.38 bits per heavy atom. The summed E-state index contributed by atoms with van der Waals surface area (Å²) in [6.45, 7) is 11.1. The Morgan fingerprint density at radius 1 is 1.04 bits per heavy atom. The number of sulfone groups is 1. The van der Waals surface area contributed by atoms with Crippen LogP contribution in [0.5, 0.6) is 0 Å². The molecule has 2 N–H and O–H groups in total. The highest BCUT2D eigenvalue weighted by Gasteiger charge is 2.20. The van der Waals surface area contributed by atoms with Gasteiger partial charge in [0.2, 0.25) is 0 Å². The van der Waals surface area contributed by atoms with Crippen LogP contribution in [-0.4, -0.2) is 108 Å². The Balaban J connectivity index is 1.66. The first-order valence-electron chi connectivity index (χ1n) is 8.84. The third kappa shape index (κ3) is 7.33. The lowest BCUT2D eigenvalue weighted by Crippen LogP contribution is -2.45. The first-order chi connectivity index (χ1) is 11.6. The smallest absolute Gasteiger partial charge is 0.191 e. The van der Waals surface area contributed by atoms with Crippen LogP contribution in [0.25, 0.3) is 0 Å². The lowest BCUT2D eigenvalue weighted by atomic mass is 10.4. The number of morpholine rings is 1. The van der Waals surface area contributed by atoms with Crippen molar-refractivity contribution in [3.05, 3.63) is 0 Å². The van der Waals surface area contributed by atoms with Gasteiger partial charge in [-0.3, -0.25) is 14.8 Å². The van der Waals surface area contributed by atoms with Crippen molar-refractivity contribution in [2.45, 2.75) is 6.92 Å². The Bertz CT molecular complexity index is 477. The normalized spacial score (nSPS) is 23.1. The quantitative estimate of drug-likeness (QED) is 0.426. The van der Waals surface area contributed by atoms with E-state index in [0.717, 1.165) is 58.4 Å². The van der Waals surface area contributed by atoms with Crippen molar-refractivity contribution >= 4 is 15.8 Å². The van der Waals surface area contributed by atoms with Gasteiger partial charge in [-0.15, -0.1) is 0 Å². The molecule has 0 spiro atoms. The summed E-state index contributed by atoms with van der Waals surface area (Å²) in [7, 11) is -2.80. The van der Waals surface area contributed by atoms with Crippen LogP contribution in [0.1, 0.15) is 6.92 Å². The molecule has 0 amide bonds. The van der Waals surface area contributed by atoms with E-state index in [9.17, 15) is 8.42 Å². The van der Waals surface area contributed by atoms with Gasteiger partial charge < -0.3 is 15.4 Å². The number of nitrogens with one attached hydrogen (secondary N) is 2. The third-order valence-electron chi connectivity index (χ3n) is 4.29. The van der Waals surface area contributed by atoms with E-state index in [1.54, 1.807) is 0 Å². The Morgan fingerprint density at radius 2 is 1.71 bits per heavy atom. The average Bonchev–Trinajstić information content (AvgIpc) is 2.57. The lowest BCUT2D eigenvalue weighted by molar-refractivity contribution is 0.0389. The predicted molar refractivity (Wildman–Crippen MR) is 96.3 cm³/mol. The van der Waals surface area contributed by atoms with Crippen molar-refractivity contribution in [3.63, 3.8) is 0 Å². The fourth-order valence-electron chi connectivity index (χ4n) is 2.78. The van der Waals surface area contributed by atoms with E-state index < -0.39 is 9.84 Å². The molecule has 0 aromatic carbocycles. The molecule has 2 aliphatic rings. The van der Waals surface area contributed by atoms with Crippen molar-refractivity contribution in [3.8, 4) is 0 Å². The third-order valence-corrected chi connectivity index (χ3v) is 5.90. The van der Waals surface area contributed by atoms with Gasteiger partial charge >= 0.3 is 0 Å². The van der Waals surface area contributed by atoms with Crippen molar-refractivity contribution in [1.29, 1.82) is 0 Å². The van der Waals surface area contributed by atoms with E-state index >= 15 is 0 Å². The van der Waals surface area contributed by atoms with Crippen LogP contribution in [0.4, 0.5) is 0 Å². The molecule has 0 radical (unpaired) electrons. The van der Waals surface area contributed by atoms with Gasteiger partial charge in [0.25, 0.3) is 0 Å². The van der Waals surface area contributed by atoms with E-state index in [1.807, 2.05) is 0 Å². The van der Waals surface area contributed by atoms with Gasteiger partial charge in [-0.1, -0.05) is 0 Å². The number of hydrogen-bond acceptors (Lipinski definition) is 6. The number of guanidine groups is 1. The van der Waals surface area contributed by atoms with Gasteiger partial charge in [-0.2, -0.15) is 0 Å². The fourth-order valence-corrected chi connectivity index (χ4v) is 4.05. The maximum absolute atomic E-state index is 11.4. The molecule has 24 heavy (non-hydrogen) atoms. The highest BCUT2D eigenvalue weighted by atomic mass is 32.2. The number of aliphatic imine (C=N–C) groups is 1. The zero-order valence-corrected chi connectivity index (χ0v) is 15.5. The number of rotatable bonds is 7. The van der Waals surface area contributed by atoms with Crippen LogP contribution >= 0.6 is 0 Å². The molecule has 0 aromatic heterocycles. The molecule has 0 aromatic rings. The van der Waals surface area contributed by atoms with Crippen LogP contribution in [0.3, 0.4) is 0 Å². The first-order valence-corrected chi connectivity index (χ1v) is 10.7. The molecule has 0 saturated carbocycles. The summed E-state index contributed by atoms with van der Waals surface area (Å²) >= 11 is 0. The van der Waals surface area contributed by atoms with E-state index in [1.165, 1.54) is 0 Å². The number of nitrogens with zero attached hydrogens (tertiary/aromatic N) is 3. The fraction of sp³-hybridized carbons (Fsp3) is 0.933. The largest absolute Gasteiger partial charge is 0.379 e. The van der Waals surface area contributed by atoms with Gasteiger partial charge in [-0.05, 0) is 6.92 Å². The Hall–Kier alpha value is -0.900. The van der Waals surface area contributed by atoms with Crippen molar-refractivity contribution in [2.24, 2.45) is 4.99 Å². The summed E-state index contributed by atoms with van der Waals surface area (Å²) < 4.78 is 28.2. The molecule has 2 saturated heterocycles. The van der Waals surface area contributed by atoms with Crippen LogP contribution in [-0.2, 0) is 14.6 Å². The maximum Gasteiger partial charge on any atom is 0.191 e. The van der Waals surface area contributed by atoms with E-state index in [0.29, 0.717) is 19.6 Å². The lowest BCUT2D eigenvalue weighted by Gasteiger charge is -2.27. The molecule has 0 unspecified atom stereocenters. The van der Waals surface area contributed by atoms with Crippen LogP contribution in [0.2, 0.25) is 0 Å². The minimum Gasteiger partial charge on any atom is -0.379 e. The highest BCUT2D eigenvalue weighted by Crippen LogP contribution is 2.02.